The highest BCUT2D eigenvalue weighted by Gasteiger charge is 2.23. The topological polar surface area (TPSA) is 69.9 Å². The van der Waals surface area contributed by atoms with Crippen LogP contribution in [-0.4, -0.2) is 19.5 Å². The van der Waals surface area contributed by atoms with Gasteiger partial charge in [0.2, 0.25) is 5.95 Å². The molecule has 0 N–H and O–H groups in total. The van der Waals surface area contributed by atoms with Crippen LogP contribution in [0.25, 0.3) is 128 Å². The standard InChI is InChI=1S/C57H34N4O2/c1-3-13-35(14-4-1)36-25-27-37(28-26-36)39-29-32-47-52(33-39)63-50-24-12-19-44(53(47)50)46-21-11-20-45-41-17-7-9-22-48(41)61(54(45)46)57-59-55(38-15-5-2-6-16-38)58-56(60-57)40-30-31-43-42-18-8-10-23-49(42)62-51(43)34-40/h1-34H. The molecule has 0 bridgehead atoms. The Kier molecular flexibility index (Phi) is 7.80. The van der Waals surface area contributed by atoms with Gasteiger partial charge < -0.3 is 8.83 Å². The van der Waals surface area contributed by atoms with Gasteiger partial charge in [0.1, 0.15) is 22.3 Å². The van der Waals surface area contributed by atoms with Crippen LogP contribution < -0.4 is 0 Å². The fourth-order valence-electron chi connectivity index (χ4n) is 9.33. The summed E-state index contributed by atoms with van der Waals surface area (Å²) in [5.74, 6) is 1.66. The predicted molar refractivity (Wildman–Crippen MR) is 256 cm³/mol. The first-order valence-corrected chi connectivity index (χ1v) is 21.1. The Bertz CT molecular complexity index is 3900. The summed E-state index contributed by atoms with van der Waals surface area (Å²) in [6, 6.07) is 71.6. The third kappa shape index (κ3) is 5.69. The third-order valence-electron chi connectivity index (χ3n) is 12.3. The zero-order valence-electron chi connectivity index (χ0n) is 33.7. The van der Waals surface area contributed by atoms with Crippen molar-refractivity contribution < 1.29 is 8.83 Å². The van der Waals surface area contributed by atoms with Crippen molar-refractivity contribution in [1.82, 2.24) is 19.5 Å². The maximum absolute atomic E-state index is 6.69. The third-order valence-corrected chi connectivity index (χ3v) is 12.3. The molecule has 4 aromatic heterocycles. The van der Waals surface area contributed by atoms with E-state index in [-0.39, 0.29) is 0 Å². The first-order valence-electron chi connectivity index (χ1n) is 21.1. The molecule has 0 unspecified atom stereocenters. The zero-order chi connectivity index (χ0) is 41.4. The van der Waals surface area contributed by atoms with Gasteiger partial charge in [0.05, 0.1) is 11.0 Å². The van der Waals surface area contributed by atoms with Crippen LogP contribution in [0, 0.1) is 0 Å². The molecule has 6 nitrogen and oxygen atoms in total. The molecule has 0 radical (unpaired) electrons. The van der Waals surface area contributed by atoms with Crippen LogP contribution in [0.5, 0.6) is 0 Å². The summed E-state index contributed by atoms with van der Waals surface area (Å²) < 4.78 is 15.2. The average molecular weight is 807 g/mol. The van der Waals surface area contributed by atoms with Crippen molar-refractivity contribution in [1.29, 1.82) is 0 Å². The van der Waals surface area contributed by atoms with Crippen LogP contribution in [0.3, 0.4) is 0 Å². The zero-order valence-corrected chi connectivity index (χ0v) is 33.7. The van der Waals surface area contributed by atoms with E-state index in [4.69, 9.17) is 23.8 Å². The number of rotatable bonds is 6. The summed E-state index contributed by atoms with van der Waals surface area (Å²) in [4.78, 5) is 15.7. The van der Waals surface area contributed by atoms with Crippen LogP contribution in [-0.2, 0) is 0 Å². The van der Waals surface area contributed by atoms with Crippen LogP contribution in [0.1, 0.15) is 0 Å². The molecule has 294 valence electrons. The van der Waals surface area contributed by atoms with Gasteiger partial charge in [-0.2, -0.15) is 9.97 Å². The molecule has 13 rings (SSSR count). The molecule has 0 amide bonds. The second-order valence-corrected chi connectivity index (χ2v) is 15.9. The Hall–Kier alpha value is -8.61. The monoisotopic (exact) mass is 806 g/mol. The first-order chi connectivity index (χ1) is 31.2. The fraction of sp³-hybridized carbons (Fsp3) is 0. The number of benzene rings is 9. The van der Waals surface area contributed by atoms with Gasteiger partial charge in [0, 0.05) is 49.0 Å². The van der Waals surface area contributed by atoms with Gasteiger partial charge in [-0.3, -0.25) is 4.57 Å². The van der Waals surface area contributed by atoms with Crippen molar-refractivity contribution in [3.05, 3.63) is 206 Å². The Morgan fingerprint density at radius 2 is 0.841 bits per heavy atom. The normalized spacial score (nSPS) is 11.8. The van der Waals surface area contributed by atoms with Crippen molar-refractivity contribution in [3.8, 4) is 62.1 Å². The van der Waals surface area contributed by atoms with E-state index >= 15 is 0 Å². The largest absolute Gasteiger partial charge is 0.456 e. The van der Waals surface area contributed by atoms with Crippen LogP contribution in [0.2, 0.25) is 0 Å². The Labute approximate surface area is 361 Å². The van der Waals surface area contributed by atoms with E-state index in [9.17, 15) is 0 Å². The number of para-hydroxylation sites is 3. The lowest BCUT2D eigenvalue weighted by Gasteiger charge is -2.13. The molecule has 4 heterocycles. The molecule has 0 aliphatic heterocycles. The number of nitrogens with zero attached hydrogens (tertiary/aromatic N) is 4. The van der Waals surface area contributed by atoms with E-state index < -0.39 is 0 Å². The number of hydrogen-bond acceptors (Lipinski definition) is 5. The lowest BCUT2D eigenvalue weighted by Crippen LogP contribution is -2.07. The lowest BCUT2D eigenvalue weighted by atomic mass is 9.96. The summed E-state index contributed by atoms with van der Waals surface area (Å²) in [5, 5.41) is 6.44. The van der Waals surface area contributed by atoms with Gasteiger partial charge in [-0.05, 0) is 70.3 Å². The maximum Gasteiger partial charge on any atom is 0.238 e. The van der Waals surface area contributed by atoms with E-state index in [1.807, 2.05) is 60.7 Å². The van der Waals surface area contributed by atoms with Crippen molar-refractivity contribution in [2.75, 3.05) is 0 Å². The fourth-order valence-corrected chi connectivity index (χ4v) is 9.33. The average Bonchev–Trinajstić information content (AvgIpc) is 4.03. The second kappa shape index (κ2) is 14.0. The van der Waals surface area contributed by atoms with Gasteiger partial charge in [-0.25, -0.2) is 4.98 Å². The highest BCUT2D eigenvalue weighted by atomic mass is 16.3. The Morgan fingerprint density at radius 3 is 1.67 bits per heavy atom. The minimum atomic E-state index is 0.523. The molecule has 0 spiro atoms. The Morgan fingerprint density at radius 1 is 0.317 bits per heavy atom. The number of aromatic nitrogens is 4. The number of furan rings is 2. The van der Waals surface area contributed by atoms with Crippen molar-refractivity contribution in [3.63, 3.8) is 0 Å². The summed E-state index contributed by atoms with van der Waals surface area (Å²) in [7, 11) is 0. The summed E-state index contributed by atoms with van der Waals surface area (Å²) >= 11 is 0. The molecule has 0 aliphatic carbocycles. The first kappa shape index (κ1) is 35.2. The quantitative estimate of drug-likeness (QED) is 0.167. The highest BCUT2D eigenvalue weighted by molar-refractivity contribution is 6.19. The summed E-state index contributed by atoms with van der Waals surface area (Å²) in [5.41, 5.74) is 13.8. The lowest BCUT2D eigenvalue weighted by molar-refractivity contribution is 0.668. The molecular weight excluding hydrogens is 773 g/mol. The maximum atomic E-state index is 6.69. The molecule has 0 saturated carbocycles. The highest BCUT2D eigenvalue weighted by Crippen LogP contribution is 2.43. The van der Waals surface area contributed by atoms with E-state index in [2.05, 4.69) is 150 Å². The van der Waals surface area contributed by atoms with E-state index in [0.717, 1.165) is 99.1 Å². The predicted octanol–water partition coefficient (Wildman–Crippen LogP) is 15.1. The second-order valence-electron chi connectivity index (χ2n) is 15.9. The van der Waals surface area contributed by atoms with Crippen LogP contribution >= 0.6 is 0 Å². The SMILES string of the molecule is c1ccc(-c2ccc(-c3ccc4c(c3)oc3cccc(-c5cccc6c7ccccc7n(-c7nc(-c8ccccc8)nc(-c8ccc9c(c8)oc8ccccc89)n7)c56)c34)cc2)cc1. The van der Waals surface area contributed by atoms with Gasteiger partial charge in [-0.15, -0.1) is 0 Å². The molecule has 13 aromatic rings. The molecule has 0 aliphatic rings. The van der Waals surface area contributed by atoms with Crippen molar-refractivity contribution in [2.45, 2.75) is 0 Å². The van der Waals surface area contributed by atoms with E-state index in [1.54, 1.807) is 0 Å². The molecule has 0 atom stereocenters. The summed E-state index contributed by atoms with van der Waals surface area (Å²) in [6.45, 7) is 0. The van der Waals surface area contributed by atoms with Gasteiger partial charge in [0.15, 0.2) is 11.6 Å². The Balaban J connectivity index is 1.01. The van der Waals surface area contributed by atoms with Gasteiger partial charge in [0.25, 0.3) is 0 Å². The molecule has 63 heavy (non-hydrogen) atoms. The van der Waals surface area contributed by atoms with E-state index in [0.29, 0.717) is 17.6 Å². The van der Waals surface area contributed by atoms with E-state index in [1.165, 1.54) is 11.1 Å². The molecule has 6 heteroatoms. The molecular formula is C57H34N4O2. The van der Waals surface area contributed by atoms with Crippen LogP contribution in [0.4, 0.5) is 0 Å². The van der Waals surface area contributed by atoms with Gasteiger partial charge in [-0.1, -0.05) is 164 Å². The minimum Gasteiger partial charge on any atom is -0.456 e. The molecule has 0 saturated heterocycles. The van der Waals surface area contributed by atoms with Crippen molar-refractivity contribution >= 4 is 65.7 Å². The number of fused-ring (bicyclic) bond motifs is 9. The molecule has 9 aromatic carbocycles. The smallest absolute Gasteiger partial charge is 0.238 e. The number of hydrogen-bond donors (Lipinski definition) is 0. The summed E-state index contributed by atoms with van der Waals surface area (Å²) in [6.07, 6.45) is 0. The molecule has 0 fully saturated rings. The van der Waals surface area contributed by atoms with Crippen LogP contribution in [0.15, 0.2) is 215 Å². The van der Waals surface area contributed by atoms with Crippen molar-refractivity contribution in [2.24, 2.45) is 0 Å². The van der Waals surface area contributed by atoms with Gasteiger partial charge >= 0.3 is 0 Å². The minimum absolute atomic E-state index is 0.523.